The van der Waals surface area contributed by atoms with E-state index in [-0.39, 0.29) is 0 Å². The molecule has 3 aromatic rings. The lowest BCUT2D eigenvalue weighted by Crippen LogP contribution is -1.99. The fraction of sp³-hybridized carbons (Fsp3) is 0.368. The first-order chi connectivity index (χ1) is 11.2. The molecule has 1 aromatic carbocycles. The zero-order valence-electron chi connectivity index (χ0n) is 13.8. The largest absolute Gasteiger partial charge is 0.494 e. The number of thiophene rings is 1. The number of aromatic nitrogens is 1. The van der Waals surface area contributed by atoms with Crippen molar-refractivity contribution in [2.24, 2.45) is 5.73 Å². The molecule has 3 nitrogen and oxygen atoms in total. The molecule has 23 heavy (non-hydrogen) atoms. The molecule has 0 fully saturated rings. The molecule has 0 aliphatic heterocycles. The highest BCUT2D eigenvalue weighted by atomic mass is 32.1. The van der Waals surface area contributed by atoms with Gasteiger partial charge in [-0.05, 0) is 80.4 Å². The second-order valence-corrected chi connectivity index (χ2v) is 6.71. The third-order valence-electron chi connectivity index (χ3n) is 4.16. The van der Waals surface area contributed by atoms with E-state index in [9.17, 15) is 0 Å². The van der Waals surface area contributed by atoms with Gasteiger partial charge in [-0.1, -0.05) is 0 Å². The predicted octanol–water partition coefficient (Wildman–Crippen LogP) is 4.88. The molecule has 3 rings (SSSR count). The standard InChI is InChI=1S/C19H24N2OS/c1-3-22-14-7-8-17-16(12-14)15(6-4-5-10-20)18(21-17)19-13(2)9-11-23-19/h7-9,11-12,21H,3-6,10,20H2,1-2H3. The van der Waals surface area contributed by atoms with Gasteiger partial charge in [0.25, 0.3) is 0 Å². The van der Waals surface area contributed by atoms with Crippen LogP contribution >= 0.6 is 11.3 Å². The van der Waals surface area contributed by atoms with E-state index >= 15 is 0 Å². The van der Waals surface area contributed by atoms with Crippen LogP contribution in [0.25, 0.3) is 21.5 Å². The Hall–Kier alpha value is -1.78. The normalized spacial score (nSPS) is 11.3. The number of benzene rings is 1. The lowest BCUT2D eigenvalue weighted by Gasteiger charge is -2.06. The maximum absolute atomic E-state index is 5.69. The number of H-pyrrole nitrogens is 1. The Morgan fingerprint density at radius 2 is 2.09 bits per heavy atom. The third-order valence-corrected chi connectivity index (χ3v) is 5.19. The van der Waals surface area contributed by atoms with Crippen LogP contribution in [0.1, 0.15) is 30.9 Å². The molecular formula is C19H24N2OS. The van der Waals surface area contributed by atoms with Crippen LogP contribution in [-0.2, 0) is 6.42 Å². The van der Waals surface area contributed by atoms with Crippen LogP contribution in [0, 0.1) is 6.92 Å². The molecule has 2 heterocycles. The number of ether oxygens (including phenoxy) is 1. The molecule has 0 radical (unpaired) electrons. The highest BCUT2D eigenvalue weighted by Gasteiger charge is 2.16. The van der Waals surface area contributed by atoms with Gasteiger partial charge >= 0.3 is 0 Å². The van der Waals surface area contributed by atoms with Crippen molar-refractivity contribution in [2.45, 2.75) is 33.1 Å². The first kappa shape index (κ1) is 16.1. The van der Waals surface area contributed by atoms with E-state index in [1.54, 1.807) is 11.3 Å². The van der Waals surface area contributed by atoms with E-state index in [2.05, 4.69) is 35.5 Å². The van der Waals surface area contributed by atoms with Gasteiger partial charge in [0.2, 0.25) is 0 Å². The van der Waals surface area contributed by atoms with Crippen molar-refractivity contribution < 1.29 is 4.74 Å². The number of aryl methyl sites for hydroxylation is 2. The van der Waals surface area contributed by atoms with Crippen molar-refractivity contribution in [3.05, 3.63) is 40.8 Å². The fourth-order valence-electron chi connectivity index (χ4n) is 3.01. The second-order valence-electron chi connectivity index (χ2n) is 5.80. The maximum Gasteiger partial charge on any atom is 0.120 e. The van der Waals surface area contributed by atoms with Gasteiger partial charge in [-0.15, -0.1) is 11.3 Å². The molecule has 3 N–H and O–H groups in total. The van der Waals surface area contributed by atoms with Gasteiger partial charge in [0.15, 0.2) is 0 Å². The summed E-state index contributed by atoms with van der Waals surface area (Å²) in [7, 11) is 0. The number of fused-ring (bicyclic) bond motifs is 1. The smallest absolute Gasteiger partial charge is 0.120 e. The summed E-state index contributed by atoms with van der Waals surface area (Å²) >= 11 is 1.80. The molecule has 0 aliphatic rings. The van der Waals surface area contributed by atoms with Crippen LogP contribution in [0.2, 0.25) is 0 Å². The van der Waals surface area contributed by atoms with Gasteiger partial charge in [-0.3, -0.25) is 0 Å². The van der Waals surface area contributed by atoms with Crippen LogP contribution in [0.15, 0.2) is 29.6 Å². The Morgan fingerprint density at radius 1 is 1.22 bits per heavy atom. The van der Waals surface area contributed by atoms with Crippen molar-refractivity contribution in [2.75, 3.05) is 13.2 Å². The lowest BCUT2D eigenvalue weighted by molar-refractivity contribution is 0.340. The molecule has 0 unspecified atom stereocenters. The van der Waals surface area contributed by atoms with Gasteiger partial charge in [0.05, 0.1) is 17.2 Å². The average Bonchev–Trinajstić information content (AvgIpc) is 3.11. The summed E-state index contributed by atoms with van der Waals surface area (Å²) in [5, 5.41) is 3.43. The number of nitrogens with two attached hydrogens (primary N) is 1. The summed E-state index contributed by atoms with van der Waals surface area (Å²) in [5.74, 6) is 0.938. The molecule has 4 heteroatoms. The first-order valence-electron chi connectivity index (χ1n) is 8.26. The van der Waals surface area contributed by atoms with Crippen LogP contribution in [-0.4, -0.2) is 18.1 Å². The molecule has 0 saturated carbocycles. The fourth-order valence-corrected chi connectivity index (χ4v) is 3.97. The van der Waals surface area contributed by atoms with E-state index in [1.807, 2.05) is 13.0 Å². The molecule has 2 aromatic heterocycles. The summed E-state index contributed by atoms with van der Waals surface area (Å²) < 4.78 is 5.69. The highest BCUT2D eigenvalue weighted by molar-refractivity contribution is 7.13. The Kier molecular flexibility index (Phi) is 5.03. The summed E-state index contributed by atoms with van der Waals surface area (Å²) in [5.41, 5.74) is 10.8. The second kappa shape index (κ2) is 7.20. The lowest BCUT2D eigenvalue weighted by atomic mass is 10.0. The molecule has 0 bridgehead atoms. The van der Waals surface area contributed by atoms with E-state index in [0.717, 1.165) is 31.6 Å². The maximum atomic E-state index is 5.69. The number of hydrogen-bond donors (Lipinski definition) is 2. The summed E-state index contributed by atoms with van der Waals surface area (Å²) in [6.07, 6.45) is 3.21. The van der Waals surface area contributed by atoms with Crippen molar-refractivity contribution >= 4 is 22.2 Å². The summed E-state index contributed by atoms with van der Waals surface area (Å²) in [6, 6.07) is 8.51. The van der Waals surface area contributed by atoms with Crippen LogP contribution in [0.4, 0.5) is 0 Å². The molecular weight excluding hydrogens is 304 g/mol. The van der Waals surface area contributed by atoms with E-state index in [0.29, 0.717) is 6.61 Å². The van der Waals surface area contributed by atoms with Crippen LogP contribution in [0.3, 0.4) is 0 Å². The van der Waals surface area contributed by atoms with Crippen LogP contribution < -0.4 is 10.5 Å². The number of aromatic amines is 1. The Labute approximate surface area is 141 Å². The highest BCUT2D eigenvalue weighted by Crippen LogP contribution is 2.37. The van der Waals surface area contributed by atoms with E-state index < -0.39 is 0 Å². The minimum Gasteiger partial charge on any atom is -0.494 e. The Bertz CT molecular complexity index is 788. The third kappa shape index (κ3) is 3.28. The first-order valence-corrected chi connectivity index (χ1v) is 9.14. The zero-order chi connectivity index (χ0) is 16.2. The van der Waals surface area contributed by atoms with Gasteiger partial charge in [-0.25, -0.2) is 0 Å². The molecule has 0 spiro atoms. The number of nitrogens with one attached hydrogen (secondary N) is 1. The summed E-state index contributed by atoms with van der Waals surface area (Å²) in [6.45, 7) is 5.63. The summed E-state index contributed by atoms with van der Waals surface area (Å²) in [4.78, 5) is 4.96. The molecule has 0 saturated heterocycles. The molecule has 0 amide bonds. The van der Waals surface area contributed by atoms with Crippen molar-refractivity contribution in [3.63, 3.8) is 0 Å². The Balaban J connectivity index is 2.10. The van der Waals surface area contributed by atoms with Crippen molar-refractivity contribution in [1.82, 2.24) is 4.98 Å². The average molecular weight is 328 g/mol. The van der Waals surface area contributed by atoms with Gasteiger partial charge in [0.1, 0.15) is 5.75 Å². The van der Waals surface area contributed by atoms with Gasteiger partial charge < -0.3 is 15.5 Å². The van der Waals surface area contributed by atoms with E-state index in [4.69, 9.17) is 10.5 Å². The molecule has 0 atom stereocenters. The number of unbranched alkanes of at least 4 members (excludes halogenated alkanes) is 1. The minimum absolute atomic E-state index is 0.690. The quantitative estimate of drug-likeness (QED) is 0.607. The van der Waals surface area contributed by atoms with Gasteiger partial charge in [-0.2, -0.15) is 0 Å². The topological polar surface area (TPSA) is 51.0 Å². The molecule has 0 aliphatic carbocycles. The zero-order valence-corrected chi connectivity index (χ0v) is 14.6. The predicted molar refractivity (Wildman–Crippen MR) is 99.5 cm³/mol. The Morgan fingerprint density at radius 3 is 2.78 bits per heavy atom. The number of rotatable bonds is 7. The van der Waals surface area contributed by atoms with E-state index in [1.165, 1.54) is 32.6 Å². The SMILES string of the molecule is CCOc1ccc2[nH]c(-c3sccc3C)c(CCCCN)c2c1. The van der Waals surface area contributed by atoms with Crippen LogP contribution in [0.5, 0.6) is 5.75 Å². The molecule has 122 valence electrons. The van der Waals surface area contributed by atoms with Crippen molar-refractivity contribution in [1.29, 1.82) is 0 Å². The van der Waals surface area contributed by atoms with Crippen molar-refractivity contribution in [3.8, 4) is 16.3 Å². The monoisotopic (exact) mass is 328 g/mol. The number of hydrogen-bond acceptors (Lipinski definition) is 3. The van der Waals surface area contributed by atoms with Gasteiger partial charge in [0, 0.05) is 10.9 Å². The minimum atomic E-state index is 0.690.